The van der Waals surface area contributed by atoms with E-state index in [9.17, 15) is 0 Å². The van der Waals surface area contributed by atoms with Crippen LogP contribution in [-0.2, 0) is 19.0 Å². The van der Waals surface area contributed by atoms with Crippen LogP contribution in [-0.4, -0.2) is 9.78 Å². The summed E-state index contributed by atoms with van der Waals surface area (Å²) < 4.78 is 1.71. The van der Waals surface area contributed by atoms with E-state index in [1.54, 1.807) is 4.68 Å². The van der Waals surface area contributed by atoms with E-state index in [1.165, 1.54) is 5.56 Å². The molecule has 0 bridgehead atoms. The van der Waals surface area contributed by atoms with Crippen LogP contribution < -0.4 is 5.32 Å². The first kappa shape index (κ1) is 14.9. The number of hydrogen-bond donors (Lipinski definition) is 1. The van der Waals surface area contributed by atoms with Gasteiger partial charge in [-0.1, -0.05) is 50.6 Å². The summed E-state index contributed by atoms with van der Waals surface area (Å²) in [4.78, 5) is 0. The number of nitrogens with one attached hydrogen (secondary N) is 1. The smallest absolute Gasteiger partial charge is 0.131 e. The minimum Gasteiger partial charge on any atom is -0.381 e. The van der Waals surface area contributed by atoms with Crippen LogP contribution in [0.1, 0.15) is 37.6 Å². The van der Waals surface area contributed by atoms with Crippen molar-refractivity contribution in [2.75, 3.05) is 5.32 Å². The number of benzene rings is 1. The van der Waals surface area contributed by atoms with Crippen molar-refractivity contribution < 1.29 is 0 Å². The lowest BCUT2D eigenvalue weighted by atomic mass is 9.86. The summed E-state index contributed by atoms with van der Waals surface area (Å²) in [7, 11) is 1.86. The largest absolute Gasteiger partial charge is 0.381 e. The van der Waals surface area contributed by atoms with Crippen LogP contribution in [0.4, 0.5) is 5.69 Å². The minimum absolute atomic E-state index is 0.109. The average Bonchev–Trinajstić information content (AvgIpc) is 2.60. The van der Waals surface area contributed by atoms with Gasteiger partial charge in [-0.3, -0.25) is 4.68 Å². The van der Waals surface area contributed by atoms with Crippen molar-refractivity contribution in [3.05, 3.63) is 46.2 Å². The van der Waals surface area contributed by atoms with E-state index in [0.29, 0.717) is 11.7 Å². The van der Waals surface area contributed by atoms with E-state index < -0.39 is 0 Å². The Bertz CT molecular complexity index is 609. The lowest BCUT2D eigenvalue weighted by molar-refractivity contribution is 0.591. The van der Waals surface area contributed by atoms with E-state index in [0.717, 1.165) is 16.9 Å². The van der Waals surface area contributed by atoms with Crippen molar-refractivity contribution in [1.29, 1.82) is 0 Å². The van der Waals surface area contributed by atoms with Gasteiger partial charge in [0.05, 0.1) is 5.69 Å². The quantitative estimate of drug-likeness (QED) is 0.914. The summed E-state index contributed by atoms with van der Waals surface area (Å²) >= 11 is 6.27. The van der Waals surface area contributed by atoms with Gasteiger partial charge in [0.25, 0.3) is 0 Å². The lowest BCUT2D eigenvalue weighted by Gasteiger charge is -2.23. The van der Waals surface area contributed by atoms with Crippen LogP contribution >= 0.6 is 11.6 Å². The Morgan fingerprint density at radius 1 is 1.25 bits per heavy atom. The molecular weight excluding hydrogens is 270 g/mol. The number of anilines is 1. The van der Waals surface area contributed by atoms with Gasteiger partial charge in [0.15, 0.2) is 0 Å². The molecule has 0 aliphatic heterocycles. The lowest BCUT2D eigenvalue weighted by Crippen LogP contribution is -2.14. The standard InChI is InChI=1S/C16H22ClN3/c1-11-12(15(17)20(5)19-11)10-18-14-9-7-6-8-13(14)16(2,3)4/h6-9,18H,10H2,1-5H3. The molecule has 1 heterocycles. The van der Waals surface area contributed by atoms with Crippen molar-refractivity contribution in [2.45, 2.75) is 39.7 Å². The molecule has 1 aromatic carbocycles. The van der Waals surface area contributed by atoms with Gasteiger partial charge < -0.3 is 5.32 Å². The first-order valence-corrected chi connectivity index (χ1v) is 7.20. The van der Waals surface area contributed by atoms with Gasteiger partial charge >= 0.3 is 0 Å². The monoisotopic (exact) mass is 291 g/mol. The molecule has 3 nitrogen and oxygen atoms in total. The molecule has 0 atom stereocenters. The SMILES string of the molecule is Cc1nn(C)c(Cl)c1CNc1ccccc1C(C)(C)C. The second kappa shape index (κ2) is 5.49. The molecule has 20 heavy (non-hydrogen) atoms. The van der Waals surface area contributed by atoms with Crippen LogP contribution in [0.25, 0.3) is 0 Å². The first-order valence-electron chi connectivity index (χ1n) is 6.82. The molecule has 0 aliphatic rings. The molecule has 0 fully saturated rings. The van der Waals surface area contributed by atoms with Crippen molar-refractivity contribution in [3.63, 3.8) is 0 Å². The van der Waals surface area contributed by atoms with Gasteiger partial charge in [-0.2, -0.15) is 5.10 Å². The van der Waals surface area contributed by atoms with Crippen molar-refractivity contribution in [1.82, 2.24) is 9.78 Å². The molecule has 0 saturated carbocycles. The number of halogens is 1. The number of rotatable bonds is 3. The number of para-hydroxylation sites is 1. The van der Waals surface area contributed by atoms with Gasteiger partial charge in [0.1, 0.15) is 5.15 Å². The van der Waals surface area contributed by atoms with Gasteiger partial charge in [-0.05, 0) is 24.0 Å². The van der Waals surface area contributed by atoms with Crippen LogP contribution in [0.3, 0.4) is 0 Å². The molecule has 1 aromatic heterocycles. The topological polar surface area (TPSA) is 29.9 Å². The molecule has 0 spiro atoms. The number of hydrogen-bond acceptors (Lipinski definition) is 2. The Balaban J connectivity index is 2.24. The highest BCUT2D eigenvalue weighted by atomic mass is 35.5. The fraction of sp³-hybridized carbons (Fsp3) is 0.438. The van der Waals surface area contributed by atoms with Crippen molar-refractivity contribution in [2.24, 2.45) is 7.05 Å². The summed E-state index contributed by atoms with van der Waals surface area (Å²) in [5.74, 6) is 0. The molecule has 0 amide bonds. The van der Waals surface area contributed by atoms with E-state index in [-0.39, 0.29) is 5.41 Å². The highest BCUT2D eigenvalue weighted by molar-refractivity contribution is 6.30. The number of nitrogens with zero attached hydrogens (tertiary/aromatic N) is 2. The zero-order valence-corrected chi connectivity index (χ0v) is 13.5. The Morgan fingerprint density at radius 2 is 1.90 bits per heavy atom. The van der Waals surface area contributed by atoms with Crippen molar-refractivity contribution in [3.8, 4) is 0 Å². The third-order valence-electron chi connectivity index (χ3n) is 3.46. The predicted octanol–water partition coefficient (Wildman–Crippen LogP) is 4.29. The summed E-state index contributed by atoms with van der Waals surface area (Å²) in [6.45, 7) is 9.32. The van der Waals surface area contributed by atoms with E-state index in [2.05, 4.69) is 55.5 Å². The van der Waals surface area contributed by atoms with Crippen molar-refractivity contribution >= 4 is 17.3 Å². The van der Waals surface area contributed by atoms with E-state index in [4.69, 9.17) is 11.6 Å². The fourth-order valence-electron chi connectivity index (χ4n) is 2.35. The molecule has 2 rings (SSSR count). The second-order valence-corrected chi connectivity index (χ2v) is 6.49. The maximum absolute atomic E-state index is 6.27. The first-order chi connectivity index (χ1) is 9.30. The van der Waals surface area contributed by atoms with Crippen LogP contribution in [0.2, 0.25) is 5.15 Å². The zero-order chi connectivity index (χ0) is 14.9. The number of aromatic nitrogens is 2. The summed E-state index contributed by atoms with van der Waals surface area (Å²) in [5.41, 5.74) is 4.59. The normalized spacial score (nSPS) is 11.7. The number of aryl methyl sites for hydroxylation is 2. The Morgan fingerprint density at radius 3 is 2.45 bits per heavy atom. The van der Waals surface area contributed by atoms with Gasteiger partial charge in [0, 0.05) is 24.8 Å². The minimum atomic E-state index is 0.109. The van der Waals surface area contributed by atoms with Gasteiger partial charge in [-0.25, -0.2) is 0 Å². The van der Waals surface area contributed by atoms with E-state index in [1.807, 2.05) is 14.0 Å². The second-order valence-electron chi connectivity index (χ2n) is 6.13. The molecule has 0 aliphatic carbocycles. The Kier molecular flexibility index (Phi) is 4.09. The molecule has 0 unspecified atom stereocenters. The zero-order valence-electron chi connectivity index (χ0n) is 12.8. The maximum atomic E-state index is 6.27. The molecule has 0 radical (unpaired) electrons. The van der Waals surface area contributed by atoms with Crippen LogP contribution in [0, 0.1) is 6.92 Å². The predicted molar refractivity (Wildman–Crippen MR) is 85.4 cm³/mol. The summed E-state index contributed by atoms with van der Waals surface area (Å²) in [6.07, 6.45) is 0. The Hall–Kier alpha value is -1.48. The van der Waals surface area contributed by atoms with Crippen LogP contribution in [0.15, 0.2) is 24.3 Å². The van der Waals surface area contributed by atoms with Gasteiger partial charge in [0.2, 0.25) is 0 Å². The molecule has 0 saturated heterocycles. The summed E-state index contributed by atoms with van der Waals surface area (Å²) in [5, 5.41) is 8.53. The molecule has 108 valence electrons. The molecular formula is C16H22ClN3. The molecule has 4 heteroatoms. The fourth-order valence-corrected chi connectivity index (χ4v) is 2.59. The third kappa shape index (κ3) is 2.98. The molecule has 1 N–H and O–H groups in total. The van der Waals surface area contributed by atoms with E-state index >= 15 is 0 Å². The third-order valence-corrected chi connectivity index (χ3v) is 3.93. The molecule has 2 aromatic rings. The average molecular weight is 292 g/mol. The highest BCUT2D eigenvalue weighted by Gasteiger charge is 2.18. The highest BCUT2D eigenvalue weighted by Crippen LogP contribution is 2.30. The maximum Gasteiger partial charge on any atom is 0.131 e. The Labute approximate surface area is 126 Å². The van der Waals surface area contributed by atoms with Gasteiger partial charge in [-0.15, -0.1) is 0 Å². The van der Waals surface area contributed by atoms with Crippen LogP contribution in [0.5, 0.6) is 0 Å². The summed E-state index contributed by atoms with van der Waals surface area (Å²) in [6, 6.07) is 8.41.